The molecule has 0 aliphatic heterocycles. The standard InChI is InChI=1S/C7H7.C3H4O4.K.Li.H/c1-7-5-3-2-4-6-7;4-2(5)1-3(6)7;;;/h3-6H,1H3;1H2,(H,4,5)(H,6,7);;;/q-1;;2*+1;-1. The minimum atomic E-state index is -1.31. The predicted molar refractivity (Wildman–Crippen MR) is 51.0 cm³/mol. The van der Waals surface area contributed by atoms with Crippen molar-refractivity contribution in [2.24, 2.45) is 0 Å². The van der Waals surface area contributed by atoms with Crippen LogP contribution in [0.5, 0.6) is 0 Å². The van der Waals surface area contributed by atoms with Crippen LogP contribution in [0.25, 0.3) is 0 Å². The van der Waals surface area contributed by atoms with Gasteiger partial charge in [-0.3, -0.25) is 9.59 Å². The summed E-state index contributed by atoms with van der Waals surface area (Å²) in [6.45, 7) is 2.06. The van der Waals surface area contributed by atoms with Gasteiger partial charge in [0.25, 0.3) is 0 Å². The second-order valence-electron chi connectivity index (χ2n) is 2.54. The summed E-state index contributed by atoms with van der Waals surface area (Å²) in [5, 5.41) is 15.4. The average molecular weight is 242 g/mol. The molecule has 1 aromatic rings. The quantitative estimate of drug-likeness (QED) is 0.311. The van der Waals surface area contributed by atoms with Gasteiger partial charge in [-0.05, 0) is 0 Å². The van der Waals surface area contributed by atoms with Gasteiger partial charge in [0, 0.05) is 0 Å². The molecule has 0 amide bonds. The van der Waals surface area contributed by atoms with Crippen LogP contribution in [0.1, 0.15) is 13.4 Å². The molecule has 0 saturated heterocycles. The van der Waals surface area contributed by atoms with Crippen LogP contribution in [0.4, 0.5) is 0 Å². The molecule has 78 valence electrons. The first-order chi connectivity index (χ1) is 6.52. The number of aliphatic carboxylic acids is 2. The zero-order valence-corrected chi connectivity index (χ0v) is 12.9. The molecule has 0 unspecified atom stereocenters. The molecule has 0 atom stereocenters. The van der Waals surface area contributed by atoms with Crippen LogP contribution in [0.3, 0.4) is 0 Å². The second kappa shape index (κ2) is 13.5. The Bertz CT molecular complexity index is 296. The number of hydrogen-bond acceptors (Lipinski definition) is 2. The van der Waals surface area contributed by atoms with E-state index in [1.165, 1.54) is 5.56 Å². The molecule has 4 nitrogen and oxygen atoms in total. The number of carboxylic acids is 2. The van der Waals surface area contributed by atoms with Gasteiger partial charge in [-0.1, -0.05) is 6.92 Å². The number of benzene rings is 1. The Hall–Kier alpha value is 0.394. The number of rotatable bonds is 2. The minimum Gasteiger partial charge on any atom is -1.00 e. The Labute approximate surface area is 151 Å². The average Bonchev–Trinajstić information content (AvgIpc) is 2.03. The molecular formula is C10H12KLiO4. The zero-order valence-electron chi connectivity index (χ0n) is 10.7. The van der Waals surface area contributed by atoms with Gasteiger partial charge in [0.2, 0.25) is 0 Å². The van der Waals surface area contributed by atoms with Gasteiger partial charge in [0.1, 0.15) is 6.42 Å². The van der Waals surface area contributed by atoms with Crippen molar-refractivity contribution < 1.29 is 91.5 Å². The molecule has 0 saturated carbocycles. The monoisotopic (exact) mass is 242 g/mol. The summed E-state index contributed by atoms with van der Waals surface area (Å²) in [5.41, 5.74) is 1.29. The normalized spacial score (nSPS) is 7.31. The summed E-state index contributed by atoms with van der Waals surface area (Å²) in [6, 6.07) is 10.8. The van der Waals surface area contributed by atoms with Crippen LogP contribution >= 0.6 is 0 Å². The third-order valence-electron chi connectivity index (χ3n) is 1.19. The van der Waals surface area contributed by atoms with Crippen molar-refractivity contribution in [1.82, 2.24) is 0 Å². The third kappa shape index (κ3) is 16.8. The van der Waals surface area contributed by atoms with E-state index in [9.17, 15) is 9.59 Å². The van der Waals surface area contributed by atoms with Crippen molar-refractivity contribution in [3.8, 4) is 0 Å². The van der Waals surface area contributed by atoms with Crippen LogP contribution in [-0.4, -0.2) is 22.2 Å². The predicted octanol–water partition coefficient (Wildman–Crippen LogP) is -4.54. The van der Waals surface area contributed by atoms with E-state index in [2.05, 4.69) is 13.0 Å². The smallest absolute Gasteiger partial charge is 1.00 e. The van der Waals surface area contributed by atoms with Crippen molar-refractivity contribution in [3.63, 3.8) is 0 Å². The Morgan fingerprint density at radius 1 is 1.25 bits per heavy atom. The van der Waals surface area contributed by atoms with E-state index in [0.717, 1.165) is 0 Å². The Kier molecular flexibility index (Phi) is 18.2. The van der Waals surface area contributed by atoms with Gasteiger partial charge in [-0.2, -0.15) is 35.9 Å². The van der Waals surface area contributed by atoms with Crippen LogP contribution in [0.15, 0.2) is 24.3 Å². The molecule has 0 bridgehead atoms. The topological polar surface area (TPSA) is 74.6 Å². The molecule has 0 aromatic heterocycles. The zero-order chi connectivity index (χ0) is 11.0. The van der Waals surface area contributed by atoms with E-state index in [1.807, 2.05) is 24.3 Å². The van der Waals surface area contributed by atoms with Gasteiger partial charge in [-0.25, -0.2) is 0 Å². The Morgan fingerprint density at radius 2 is 1.62 bits per heavy atom. The van der Waals surface area contributed by atoms with Crippen LogP contribution in [0, 0.1) is 13.0 Å². The molecule has 0 spiro atoms. The number of aryl methyl sites for hydroxylation is 1. The fourth-order valence-corrected chi connectivity index (χ4v) is 0.600. The Balaban J connectivity index is -0.0000000845. The third-order valence-corrected chi connectivity index (χ3v) is 1.19. The molecule has 6 heteroatoms. The fraction of sp³-hybridized carbons (Fsp3) is 0.200. The molecule has 0 aliphatic carbocycles. The first-order valence-corrected chi connectivity index (χ1v) is 3.88. The SMILES string of the molecule is Cc1cc[c-]cc1.O=C(O)CC(=O)O.[H-].[K+].[Li+]. The maximum atomic E-state index is 9.43. The van der Waals surface area contributed by atoms with E-state index in [1.54, 1.807) is 0 Å². The van der Waals surface area contributed by atoms with Gasteiger partial charge in [0.05, 0.1) is 0 Å². The maximum Gasteiger partial charge on any atom is 1.00 e. The van der Waals surface area contributed by atoms with Crippen LogP contribution in [0.2, 0.25) is 0 Å². The van der Waals surface area contributed by atoms with E-state index < -0.39 is 18.4 Å². The van der Waals surface area contributed by atoms with Gasteiger partial charge >= 0.3 is 82.2 Å². The van der Waals surface area contributed by atoms with Crippen LogP contribution < -0.4 is 70.2 Å². The molecule has 0 aliphatic rings. The second-order valence-corrected chi connectivity index (χ2v) is 2.54. The summed E-state index contributed by atoms with van der Waals surface area (Å²) in [5.74, 6) is -2.62. The van der Waals surface area contributed by atoms with Gasteiger partial charge < -0.3 is 11.6 Å². The molecule has 0 heterocycles. The number of carboxylic acid groups (broad SMARTS) is 2. The molecule has 0 radical (unpaired) electrons. The molecular weight excluding hydrogens is 230 g/mol. The molecule has 1 rings (SSSR count). The largest absolute Gasteiger partial charge is 1.00 e. The van der Waals surface area contributed by atoms with Crippen molar-refractivity contribution in [2.75, 3.05) is 0 Å². The summed E-state index contributed by atoms with van der Waals surface area (Å²) < 4.78 is 0. The van der Waals surface area contributed by atoms with Crippen molar-refractivity contribution in [2.45, 2.75) is 13.3 Å². The van der Waals surface area contributed by atoms with E-state index >= 15 is 0 Å². The number of hydrogen-bond donors (Lipinski definition) is 2. The van der Waals surface area contributed by atoms with Crippen molar-refractivity contribution in [3.05, 3.63) is 35.9 Å². The van der Waals surface area contributed by atoms with Gasteiger partial charge in [0.15, 0.2) is 0 Å². The number of carbonyl (C=O) groups is 2. The fourth-order valence-electron chi connectivity index (χ4n) is 0.600. The summed E-state index contributed by atoms with van der Waals surface area (Å²) >= 11 is 0. The maximum absolute atomic E-state index is 9.43. The van der Waals surface area contributed by atoms with E-state index in [-0.39, 0.29) is 71.7 Å². The van der Waals surface area contributed by atoms with Gasteiger partial charge in [-0.15, -0.1) is 0 Å². The van der Waals surface area contributed by atoms with Crippen LogP contribution in [-0.2, 0) is 9.59 Å². The van der Waals surface area contributed by atoms with Crippen molar-refractivity contribution in [1.29, 1.82) is 0 Å². The molecule has 0 fully saturated rings. The summed E-state index contributed by atoms with van der Waals surface area (Å²) in [7, 11) is 0. The molecule has 1 aromatic carbocycles. The van der Waals surface area contributed by atoms with Crippen molar-refractivity contribution >= 4 is 11.9 Å². The molecule has 2 N–H and O–H groups in total. The Morgan fingerprint density at radius 3 is 1.75 bits per heavy atom. The first kappa shape index (κ1) is 21.7. The summed E-state index contributed by atoms with van der Waals surface area (Å²) in [4.78, 5) is 18.9. The minimum absolute atomic E-state index is 0. The van der Waals surface area contributed by atoms with E-state index in [4.69, 9.17) is 10.2 Å². The first-order valence-electron chi connectivity index (χ1n) is 3.88. The summed E-state index contributed by atoms with van der Waals surface area (Å²) in [6.07, 6.45) is -0.806. The van der Waals surface area contributed by atoms with E-state index in [0.29, 0.717) is 0 Å². The molecule has 16 heavy (non-hydrogen) atoms.